The van der Waals surface area contributed by atoms with Crippen LogP contribution in [0.15, 0.2) is 39.6 Å². The third-order valence-corrected chi connectivity index (χ3v) is 3.88. The maximum Gasteiger partial charge on any atom is 0.173 e. The summed E-state index contributed by atoms with van der Waals surface area (Å²) in [6.07, 6.45) is 2.49. The van der Waals surface area contributed by atoms with E-state index < -0.39 is 0 Å². The second kappa shape index (κ2) is 5.69. The van der Waals surface area contributed by atoms with Gasteiger partial charge in [0.15, 0.2) is 4.67 Å². The first-order valence-corrected chi connectivity index (χ1v) is 6.66. The Balaban J connectivity index is 2.20. The third-order valence-electron chi connectivity index (χ3n) is 3.23. The topological polar surface area (TPSA) is 51.2 Å². The Morgan fingerprint density at radius 1 is 1.28 bits per heavy atom. The second-order valence-corrected chi connectivity index (χ2v) is 5.21. The lowest BCUT2D eigenvalue weighted by atomic mass is 9.98. The standard InChI is InChI=1S/C14H17BrN2O/c1-9-3-4-11(7-10(9)2)8-13(17-16)12-5-6-18-14(12)15/h3-7,13,17H,8,16H2,1-2H3. The summed E-state index contributed by atoms with van der Waals surface area (Å²) in [7, 11) is 0. The number of nitrogens with two attached hydrogens (primary N) is 1. The van der Waals surface area contributed by atoms with Crippen molar-refractivity contribution >= 4 is 15.9 Å². The normalized spacial score (nSPS) is 12.7. The minimum atomic E-state index is 0.0419. The van der Waals surface area contributed by atoms with E-state index >= 15 is 0 Å². The van der Waals surface area contributed by atoms with Crippen molar-refractivity contribution in [3.8, 4) is 0 Å². The summed E-state index contributed by atoms with van der Waals surface area (Å²) in [4.78, 5) is 0. The number of nitrogens with one attached hydrogen (secondary N) is 1. The highest BCUT2D eigenvalue weighted by Gasteiger charge is 2.16. The molecule has 0 saturated heterocycles. The van der Waals surface area contributed by atoms with E-state index in [-0.39, 0.29) is 6.04 Å². The molecule has 18 heavy (non-hydrogen) atoms. The Kier molecular flexibility index (Phi) is 4.22. The SMILES string of the molecule is Cc1ccc(CC(NN)c2ccoc2Br)cc1C. The summed E-state index contributed by atoms with van der Waals surface area (Å²) >= 11 is 3.38. The van der Waals surface area contributed by atoms with Crippen molar-refractivity contribution in [3.05, 3.63) is 57.5 Å². The minimum absolute atomic E-state index is 0.0419. The Morgan fingerprint density at radius 3 is 2.61 bits per heavy atom. The van der Waals surface area contributed by atoms with Crippen LogP contribution in [0.3, 0.4) is 0 Å². The maximum absolute atomic E-state index is 5.64. The molecular weight excluding hydrogens is 292 g/mol. The number of halogens is 1. The highest BCUT2D eigenvalue weighted by molar-refractivity contribution is 9.10. The average Bonchev–Trinajstić information content (AvgIpc) is 2.77. The largest absolute Gasteiger partial charge is 0.457 e. The van der Waals surface area contributed by atoms with Crippen molar-refractivity contribution in [3.63, 3.8) is 0 Å². The van der Waals surface area contributed by atoms with Crippen LogP contribution in [-0.2, 0) is 6.42 Å². The van der Waals surface area contributed by atoms with Crippen LogP contribution >= 0.6 is 15.9 Å². The maximum atomic E-state index is 5.64. The van der Waals surface area contributed by atoms with Crippen molar-refractivity contribution in [1.29, 1.82) is 0 Å². The van der Waals surface area contributed by atoms with Crippen LogP contribution in [0.25, 0.3) is 0 Å². The van der Waals surface area contributed by atoms with Gasteiger partial charge in [-0.2, -0.15) is 0 Å². The quantitative estimate of drug-likeness (QED) is 0.672. The fourth-order valence-electron chi connectivity index (χ4n) is 1.98. The first-order chi connectivity index (χ1) is 8.61. The van der Waals surface area contributed by atoms with Gasteiger partial charge in [-0.1, -0.05) is 18.2 Å². The molecule has 1 aromatic heterocycles. The minimum Gasteiger partial charge on any atom is -0.457 e. The fraction of sp³-hybridized carbons (Fsp3) is 0.286. The summed E-state index contributed by atoms with van der Waals surface area (Å²) in [6.45, 7) is 4.24. The molecule has 0 saturated carbocycles. The number of furan rings is 1. The van der Waals surface area contributed by atoms with Crippen molar-refractivity contribution < 1.29 is 4.42 Å². The average molecular weight is 309 g/mol. The van der Waals surface area contributed by atoms with E-state index in [1.807, 2.05) is 6.07 Å². The Morgan fingerprint density at radius 2 is 2.06 bits per heavy atom. The number of hydrogen-bond donors (Lipinski definition) is 2. The highest BCUT2D eigenvalue weighted by Crippen LogP contribution is 2.27. The summed E-state index contributed by atoms with van der Waals surface area (Å²) < 4.78 is 5.98. The van der Waals surface area contributed by atoms with Crippen molar-refractivity contribution in [2.75, 3.05) is 0 Å². The molecule has 0 amide bonds. The molecule has 0 radical (unpaired) electrons. The third kappa shape index (κ3) is 2.83. The Labute approximate surface area is 115 Å². The van der Waals surface area contributed by atoms with Crippen molar-refractivity contribution in [2.24, 2.45) is 5.84 Å². The molecule has 0 aliphatic heterocycles. The number of benzene rings is 1. The summed E-state index contributed by atoms with van der Waals surface area (Å²) in [5, 5.41) is 0. The van der Waals surface area contributed by atoms with E-state index in [1.165, 1.54) is 16.7 Å². The fourth-order valence-corrected chi connectivity index (χ4v) is 2.50. The summed E-state index contributed by atoms with van der Waals surface area (Å²) in [5.74, 6) is 5.64. The molecule has 0 fully saturated rings. The van der Waals surface area contributed by atoms with E-state index in [0.717, 1.165) is 16.7 Å². The van der Waals surface area contributed by atoms with Gasteiger partial charge in [-0.3, -0.25) is 11.3 Å². The van der Waals surface area contributed by atoms with Crippen LogP contribution in [0.1, 0.15) is 28.3 Å². The number of hydrogen-bond acceptors (Lipinski definition) is 3. The van der Waals surface area contributed by atoms with Gasteiger partial charge >= 0.3 is 0 Å². The zero-order valence-corrected chi connectivity index (χ0v) is 12.1. The van der Waals surface area contributed by atoms with Gasteiger partial charge in [-0.15, -0.1) is 0 Å². The van der Waals surface area contributed by atoms with Gasteiger partial charge in [0.05, 0.1) is 12.3 Å². The highest BCUT2D eigenvalue weighted by atomic mass is 79.9. The van der Waals surface area contributed by atoms with Crippen LogP contribution in [0, 0.1) is 13.8 Å². The van der Waals surface area contributed by atoms with E-state index in [4.69, 9.17) is 10.3 Å². The Bertz CT molecular complexity index is 536. The predicted octanol–water partition coefficient (Wildman–Crippen LogP) is 3.41. The first-order valence-electron chi connectivity index (χ1n) is 5.87. The van der Waals surface area contributed by atoms with Gasteiger partial charge in [0.1, 0.15) is 0 Å². The van der Waals surface area contributed by atoms with Gasteiger partial charge in [0.2, 0.25) is 0 Å². The molecule has 0 aliphatic carbocycles. The molecular formula is C14H17BrN2O. The molecule has 1 aromatic carbocycles. The molecule has 2 rings (SSSR count). The van der Waals surface area contributed by atoms with E-state index in [2.05, 4.69) is 53.4 Å². The van der Waals surface area contributed by atoms with Crippen molar-refractivity contribution in [2.45, 2.75) is 26.3 Å². The predicted molar refractivity (Wildman–Crippen MR) is 76.1 cm³/mol. The monoisotopic (exact) mass is 308 g/mol. The van der Waals surface area contributed by atoms with Crippen LogP contribution in [0.2, 0.25) is 0 Å². The molecule has 0 bridgehead atoms. The first kappa shape index (κ1) is 13.3. The molecule has 1 heterocycles. The van der Waals surface area contributed by atoms with Crippen LogP contribution in [0.5, 0.6) is 0 Å². The molecule has 2 aromatic rings. The van der Waals surface area contributed by atoms with Crippen LogP contribution in [-0.4, -0.2) is 0 Å². The molecule has 1 atom stereocenters. The molecule has 96 valence electrons. The smallest absolute Gasteiger partial charge is 0.173 e. The van der Waals surface area contributed by atoms with E-state index in [1.54, 1.807) is 6.26 Å². The second-order valence-electron chi connectivity index (χ2n) is 4.49. The molecule has 0 spiro atoms. The lowest BCUT2D eigenvalue weighted by Crippen LogP contribution is -2.29. The zero-order chi connectivity index (χ0) is 13.1. The number of aryl methyl sites for hydroxylation is 2. The van der Waals surface area contributed by atoms with E-state index in [0.29, 0.717) is 0 Å². The van der Waals surface area contributed by atoms with Gasteiger partial charge in [0.25, 0.3) is 0 Å². The van der Waals surface area contributed by atoms with Gasteiger partial charge in [-0.25, -0.2) is 0 Å². The van der Waals surface area contributed by atoms with Crippen LogP contribution < -0.4 is 11.3 Å². The molecule has 0 aliphatic rings. The molecule has 3 N–H and O–H groups in total. The lowest BCUT2D eigenvalue weighted by molar-refractivity contribution is 0.506. The van der Waals surface area contributed by atoms with Gasteiger partial charge in [-0.05, 0) is 59.0 Å². The van der Waals surface area contributed by atoms with E-state index in [9.17, 15) is 0 Å². The molecule has 3 nitrogen and oxygen atoms in total. The molecule has 4 heteroatoms. The molecule has 1 unspecified atom stereocenters. The zero-order valence-electron chi connectivity index (χ0n) is 10.5. The number of hydrazine groups is 1. The van der Waals surface area contributed by atoms with Crippen LogP contribution in [0.4, 0.5) is 0 Å². The lowest BCUT2D eigenvalue weighted by Gasteiger charge is -2.15. The summed E-state index contributed by atoms with van der Waals surface area (Å²) in [6, 6.07) is 8.45. The van der Waals surface area contributed by atoms with Gasteiger partial charge < -0.3 is 4.42 Å². The Hall–Kier alpha value is -1.10. The number of rotatable bonds is 4. The van der Waals surface area contributed by atoms with Gasteiger partial charge in [0, 0.05) is 5.56 Å². The van der Waals surface area contributed by atoms with Crippen molar-refractivity contribution in [1.82, 2.24) is 5.43 Å². The summed E-state index contributed by atoms with van der Waals surface area (Å²) in [5.41, 5.74) is 7.74.